The number of allylic oxidation sites excluding steroid dienone is 10. The van der Waals surface area contributed by atoms with E-state index in [0.717, 1.165) is 51.4 Å². The maximum Gasteiger partial charge on any atom is 0.339 e. The number of rotatable bonds is 18. The standard InChI is InChI=1S/C29H38O5/c1-2-3-4-5-6-7-8-9-10-11-12-13-14-15-16-17-18-21-24-33-25-28(30)34-27-23-20-19-22-26(27)29(31)32/h3-4,6-7,9-10,12-13,15-16,19-20,22-23H,2,5,8,11,14,17-18,21,24-25H2,1H3,(H,31,32). The Morgan fingerprint density at radius 3 is 1.94 bits per heavy atom. The molecule has 0 spiro atoms. The van der Waals surface area contributed by atoms with Crippen LogP contribution in [0.5, 0.6) is 5.75 Å². The first-order valence-electron chi connectivity index (χ1n) is 12.0. The lowest BCUT2D eigenvalue weighted by molar-refractivity contribution is -0.139. The number of carbonyl (C=O) groups excluding carboxylic acids is 1. The maximum absolute atomic E-state index is 11.8. The largest absolute Gasteiger partial charge is 0.478 e. The molecule has 0 saturated carbocycles. The van der Waals surface area contributed by atoms with Crippen LogP contribution in [-0.4, -0.2) is 30.3 Å². The fraction of sp³-hybridized carbons (Fsp3) is 0.379. The van der Waals surface area contributed by atoms with Crippen molar-refractivity contribution >= 4 is 11.9 Å². The summed E-state index contributed by atoms with van der Waals surface area (Å²) in [6, 6.07) is 6.03. The molecule has 0 aliphatic rings. The number of carboxylic acids is 1. The van der Waals surface area contributed by atoms with E-state index >= 15 is 0 Å². The molecule has 0 heterocycles. The topological polar surface area (TPSA) is 72.8 Å². The van der Waals surface area contributed by atoms with Gasteiger partial charge in [0.1, 0.15) is 17.9 Å². The minimum absolute atomic E-state index is 0.0296. The van der Waals surface area contributed by atoms with Crippen LogP contribution < -0.4 is 4.74 Å². The summed E-state index contributed by atoms with van der Waals surface area (Å²) in [4.78, 5) is 22.9. The fourth-order valence-corrected chi connectivity index (χ4v) is 2.87. The van der Waals surface area contributed by atoms with Gasteiger partial charge in [-0.2, -0.15) is 0 Å². The molecule has 1 aromatic carbocycles. The van der Waals surface area contributed by atoms with Gasteiger partial charge in [0.15, 0.2) is 0 Å². The number of ether oxygens (including phenoxy) is 2. The highest BCUT2D eigenvalue weighted by atomic mass is 16.6. The van der Waals surface area contributed by atoms with E-state index in [2.05, 4.69) is 67.7 Å². The first-order chi connectivity index (χ1) is 16.6. The molecule has 0 unspecified atom stereocenters. The number of esters is 1. The molecule has 0 aromatic heterocycles. The van der Waals surface area contributed by atoms with Gasteiger partial charge in [-0.05, 0) is 63.5 Å². The molecule has 0 amide bonds. The molecule has 1 aromatic rings. The van der Waals surface area contributed by atoms with Crippen molar-refractivity contribution < 1.29 is 24.2 Å². The van der Waals surface area contributed by atoms with Crippen LogP contribution in [0.15, 0.2) is 85.0 Å². The maximum atomic E-state index is 11.8. The van der Waals surface area contributed by atoms with E-state index < -0.39 is 11.9 Å². The smallest absolute Gasteiger partial charge is 0.339 e. The molecule has 184 valence electrons. The molecule has 34 heavy (non-hydrogen) atoms. The summed E-state index contributed by atoms with van der Waals surface area (Å²) in [7, 11) is 0. The third-order valence-corrected chi connectivity index (χ3v) is 4.63. The number of carboxylic acid groups (broad SMARTS) is 1. The molecule has 1 rings (SSSR count). The van der Waals surface area contributed by atoms with E-state index in [1.165, 1.54) is 12.1 Å². The lowest BCUT2D eigenvalue weighted by Crippen LogP contribution is -2.17. The predicted octanol–water partition coefficient (Wildman–Crippen LogP) is 7.23. The van der Waals surface area contributed by atoms with Gasteiger partial charge in [-0.1, -0.05) is 79.8 Å². The van der Waals surface area contributed by atoms with Crippen molar-refractivity contribution in [3.05, 3.63) is 90.6 Å². The van der Waals surface area contributed by atoms with Gasteiger partial charge in [0.25, 0.3) is 0 Å². The Morgan fingerprint density at radius 2 is 1.35 bits per heavy atom. The Labute approximate surface area is 204 Å². The lowest BCUT2D eigenvalue weighted by Gasteiger charge is -2.07. The molecular formula is C29H38O5. The monoisotopic (exact) mass is 466 g/mol. The van der Waals surface area contributed by atoms with Crippen LogP contribution in [0.2, 0.25) is 0 Å². The molecule has 0 saturated heterocycles. The number of benzene rings is 1. The summed E-state index contributed by atoms with van der Waals surface area (Å²) in [5, 5.41) is 9.09. The average Bonchev–Trinajstić information content (AvgIpc) is 2.83. The summed E-state index contributed by atoms with van der Waals surface area (Å²) < 4.78 is 10.4. The van der Waals surface area contributed by atoms with Crippen molar-refractivity contribution in [2.45, 2.75) is 58.3 Å². The summed E-state index contributed by atoms with van der Waals surface area (Å²) in [6.45, 7) is 2.40. The summed E-state index contributed by atoms with van der Waals surface area (Å²) >= 11 is 0. The van der Waals surface area contributed by atoms with Crippen molar-refractivity contribution in [2.24, 2.45) is 0 Å². The highest BCUT2D eigenvalue weighted by Crippen LogP contribution is 2.17. The number of carbonyl (C=O) groups is 2. The highest BCUT2D eigenvalue weighted by molar-refractivity contribution is 5.92. The lowest BCUT2D eigenvalue weighted by atomic mass is 10.2. The Bertz CT molecular complexity index is 846. The van der Waals surface area contributed by atoms with E-state index in [1.54, 1.807) is 12.1 Å². The van der Waals surface area contributed by atoms with Crippen LogP contribution in [0.3, 0.4) is 0 Å². The molecule has 0 radical (unpaired) electrons. The van der Waals surface area contributed by atoms with E-state index in [-0.39, 0.29) is 17.9 Å². The van der Waals surface area contributed by atoms with Crippen LogP contribution in [0.25, 0.3) is 0 Å². The first kappa shape index (κ1) is 28.9. The van der Waals surface area contributed by atoms with Gasteiger partial charge in [-0.3, -0.25) is 0 Å². The summed E-state index contributed by atoms with van der Waals surface area (Å²) in [5.41, 5.74) is -0.0482. The van der Waals surface area contributed by atoms with Gasteiger partial charge in [-0.15, -0.1) is 0 Å². The molecule has 0 atom stereocenters. The first-order valence-corrected chi connectivity index (χ1v) is 12.0. The number of hydrogen-bond donors (Lipinski definition) is 1. The van der Waals surface area contributed by atoms with Crippen molar-refractivity contribution in [1.82, 2.24) is 0 Å². The molecular weight excluding hydrogens is 428 g/mol. The number of para-hydroxylation sites is 1. The Balaban J connectivity index is 2.00. The van der Waals surface area contributed by atoms with Gasteiger partial charge >= 0.3 is 11.9 Å². The second-order valence-electron chi connectivity index (χ2n) is 7.53. The third-order valence-electron chi connectivity index (χ3n) is 4.63. The quantitative estimate of drug-likeness (QED) is 0.107. The van der Waals surface area contributed by atoms with E-state index in [1.807, 2.05) is 0 Å². The fourth-order valence-electron chi connectivity index (χ4n) is 2.87. The van der Waals surface area contributed by atoms with Crippen LogP contribution >= 0.6 is 0 Å². The van der Waals surface area contributed by atoms with Crippen molar-refractivity contribution in [1.29, 1.82) is 0 Å². The summed E-state index contributed by atoms with van der Waals surface area (Å²) in [6.07, 6.45) is 29.6. The van der Waals surface area contributed by atoms with Gasteiger partial charge in [0, 0.05) is 6.61 Å². The average molecular weight is 467 g/mol. The zero-order valence-corrected chi connectivity index (χ0v) is 20.2. The van der Waals surface area contributed by atoms with Crippen molar-refractivity contribution in [3.8, 4) is 5.75 Å². The highest BCUT2D eigenvalue weighted by Gasteiger charge is 2.13. The van der Waals surface area contributed by atoms with E-state index in [4.69, 9.17) is 14.6 Å². The zero-order chi connectivity index (χ0) is 24.7. The van der Waals surface area contributed by atoms with E-state index in [9.17, 15) is 9.59 Å². The Morgan fingerprint density at radius 1 is 0.794 bits per heavy atom. The summed E-state index contributed by atoms with van der Waals surface area (Å²) in [5.74, 6) is -1.71. The second-order valence-corrected chi connectivity index (χ2v) is 7.53. The third kappa shape index (κ3) is 15.6. The molecule has 0 aliphatic carbocycles. The van der Waals surface area contributed by atoms with Gasteiger partial charge in [0.2, 0.25) is 0 Å². The normalized spacial score (nSPS) is 12.1. The molecule has 0 bridgehead atoms. The minimum Gasteiger partial charge on any atom is -0.478 e. The minimum atomic E-state index is -1.14. The molecule has 0 aliphatic heterocycles. The Hall–Kier alpha value is -3.18. The second kappa shape index (κ2) is 20.4. The molecule has 5 heteroatoms. The van der Waals surface area contributed by atoms with Gasteiger partial charge in [-0.25, -0.2) is 9.59 Å². The predicted molar refractivity (Wildman–Crippen MR) is 138 cm³/mol. The van der Waals surface area contributed by atoms with E-state index in [0.29, 0.717) is 6.61 Å². The van der Waals surface area contributed by atoms with Gasteiger partial charge < -0.3 is 14.6 Å². The van der Waals surface area contributed by atoms with Crippen LogP contribution in [0.1, 0.15) is 68.6 Å². The van der Waals surface area contributed by atoms with Crippen LogP contribution in [0, 0.1) is 0 Å². The van der Waals surface area contributed by atoms with Gasteiger partial charge in [0.05, 0.1) is 0 Å². The van der Waals surface area contributed by atoms with Crippen molar-refractivity contribution in [3.63, 3.8) is 0 Å². The van der Waals surface area contributed by atoms with Crippen molar-refractivity contribution in [2.75, 3.05) is 13.2 Å². The Kier molecular flexibility index (Phi) is 17.3. The number of hydrogen-bond acceptors (Lipinski definition) is 4. The zero-order valence-electron chi connectivity index (χ0n) is 20.2. The molecule has 1 N–H and O–H groups in total. The SMILES string of the molecule is CCC=CCC=CCC=CCC=CCC=CCCCCOCC(=O)Oc1ccccc1C(=O)O. The van der Waals surface area contributed by atoms with Crippen LogP contribution in [0.4, 0.5) is 0 Å². The number of unbranched alkanes of at least 4 members (excludes halogenated alkanes) is 2. The van der Waals surface area contributed by atoms with Crippen LogP contribution in [-0.2, 0) is 9.53 Å². The molecule has 0 fully saturated rings. The number of aromatic carboxylic acids is 1. The molecule has 5 nitrogen and oxygen atoms in total.